The van der Waals surface area contributed by atoms with Crippen LogP contribution in [-0.2, 0) is 11.2 Å². The maximum atomic E-state index is 13.5. The van der Waals surface area contributed by atoms with E-state index in [1.54, 1.807) is 12.1 Å². The molecule has 0 radical (unpaired) electrons. The Bertz CT molecular complexity index is 1050. The number of hydrogen-bond donors (Lipinski definition) is 2. The minimum atomic E-state index is -0.498. The molecule has 0 fully saturated rings. The van der Waals surface area contributed by atoms with E-state index < -0.39 is 5.25 Å². The molecule has 150 valence electrons. The molecule has 4 rings (SSSR count). The highest BCUT2D eigenvalue weighted by molar-refractivity contribution is 8.00. The number of aryl methyl sites for hydroxylation is 3. The van der Waals surface area contributed by atoms with Crippen LogP contribution >= 0.6 is 11.8 Å². The Balaban J connectivity index is 1.67. The second-order valence-electron chi connectivity index (χ2n) is 7.09. The fraction of sp³-hybridized carbons (Fsp3) is 0.286. The average Bonchev–Trinajstić information content (AvgIpc) is 3.12. The number of carbonyl (C=O) groups is 1. The molecule has 0 spiro atoms. The normalized spacial score (nSPS) is 18.1. The van der Waals surface area contributed by atoms with Gasteiger partial charge in [0.05, 0.1) is 6.04 Å². The number of hydrogen-bond acceptors (Lipinski definition) is 5. The van der Waals surface area contributed by atoms with Crippen molar-refractivity contribution in [2.75, 3.05) is 10.7 Å². The fourth-order valence-electron chi connectivity index (χ4n) is 3.41. The summed E-state index contributed by atoms with van der Waals surface area (Å²) in [5.41, 5.74) is 7.10. The molecular formula is C21H22FN5OS. The van der Waals surface area contributed by atoms with Crippen LogP contribution in [0.2, 0.25) is 0 Å². The van der Waals surface area contributed by atoms with Crippen molar-refractivity contribution in [2.24, 2.45) is 0 Å². The monoisotopic (exact) mass is 411 g/mol. The summed E-state index contributed by atoms with van der Waals surface area (Å²) in [4.78, 5) is 13.2. The highest BCUT2D eigenvalue weighted by Gasteiger charge is 2.37. The Labute approximate surface area is 172 Å². The maximum Gasteiger partial charge on any atom is 0.240 e. The van der Waals surface area contributed by atoms with Crippen molar-refractivity contribution in [1.82, 2.24) is 14.9 Å². The first-order chi connectivity index (χ1) is 14.0. The molecule has 0 aliphatic carbocycles. The molecule has 2 N–H and O–H groups in total. The lowest BCUT2D eigenvalue weighted by atomic mass is 10.0. The van der Waals surface area contributed by atoms with E-state index in [-0.39, 0.29) is 17.8 Å². The predicted octanol–water partition coefficient (Wildman–Crippen LogP) is 3.99. The van der Waals surface area contributed by atoms with E-state index in [0.717, 1.165) is 28.2 Å². The van der Waals surface area contributed by atoms with Gasteiger partial charge in [0, 0.05) is 12.1 Å². The highest BCUT2D eigenvalue weighted by Crippen LogP contribution is 2.37. The zero-order valence-electron chi connectivity index (χ0n) is 16.4. The van der Waals surface area contributed by atoms with Crippen LogP contribution in [-0.4, -0.2) is 26.0 Å². The summed E-state index contributed by atoms with van der Waals surface area (Å²) in [5.74, 6) is 0.330. The number of thioether (sulfide) groups is 1. The number of amides is 1. The lowest BCUT2D eigenvalue weighted by molar-refractivity contribution is -0.116. The molecular weight excluding hydrogens is 389 g/mol. The molecule has 0 saturated carbocycles. The molecule has 2 atom stereocenters. The van der Waals surface area contributed by atoms with Crippen molar-refractivity contribution >= 4 is 23.4 Å². The lowest BCUT2D eigenvalue weighted by Crippen LogP contribution is -2.41. The van der Waals surface area contributed by atoms with Crippen LogP contribution in [0.5, 0.6) is 0 Å². The van der Waals surface area contributed by atoms with E-state index in [4.69, 9.17) is 0 Å². The van der Waals surface area contributed by atoms with Gasteiger partial charge >= 0.3 is 0 Å². The zero-order valence-corrected chi connectivity index (χ0v) is 17.3. The smallest absolute Gasteiger partial charge is 0.240 e. The molecule has 1 amide bonds. The molecule has 29 heavy (non-hydrogen) atoms. The number of rotatable bonds is 4. The van der Waals surface area contributed by atoms with Gasteiger partial charge in [0.1, 0.15) is 11.1 Å². The number of benzene rings is 2. The summed E-state index contributed by atoms with van der Waals surface area (Å²) in [6.07, 6.45) is 0.704. The van der Waals surface area contributed by atoms with Crippen molar-refractivity contribution in [2.45, 2.75) is 43.6 Å². The Morgan fingerprint density at radius 3 is 2.66 bits per heavy atom. The van der Waals surface area contributed by atoms with E-state index >= 15 is 0 Å². The minimum Gasteiger partial charge on any atom is -0.325 e. The third-order valence-corrected chi connectivity index (χ3v) is 6.16. The molecule has 0 bridgehead atoms. The average molecular weight is 412 g/mol. The maximum absolute atomic E-state index is 13.5. The van der Waals surface area contributed by atoms with Gasteiger partial charge in [0.15, 0.2) is 5.82 Å². The Hall–Kier alpha value is -2.87. The standard InChI is InChI=1S/C21H22FN5OS/c1-4-17-24-25-21-27(17)26-18(14-6-8-15(22)9-7-14)19(29-21)20(28)23-16-10-5-12(2)11-13(16)3/h5-11,18-19,26H,4H2,1-3H3,(H,23,28)/t18-,19-/m1/s1. The van der Waals surface area contributed by atoms with Gasteiger partial charge in [-0.15, -0.1) is 10.2 Å². The second-order valence-corrected chi connectivity index (χ2v) is 8.20. The SMILES string of the molecule is CCc1nnc2n1N[C@H](c1ccc(F)cc1)[C@H](C(=O)Nc1ccc(C)cc1C)S2. The first-order valence-corrected chi connectivity index (χ1v) is 10.4. The highest BCUT2D eigenvalue weighted by atomic mass is 32.2. The first kappa shape index (κ1) is 19.4. The van der Waals surface area contributed by atoms with Crippen LogP contribution in [0.25, 0.3) is 0 Å². The number of halogens is 1. The van der Waals surface area contributed by atoms with E-state index in [0.29, 0.717) is 11.6 Å². The molecule has 0 saturated heterocycles. The molecule has 1 aliphatic rings. The Morgan fingerprint density at radius 2 is 1.97 bits per heavy atom. The van der Waals surface area contributed by atoms with Gasteiger partial charge in [-0.25, -0.2) is 9.07 Å². The number of aromatic nitrogens is 3. The van der Waals surface area contributed by atoms with E-state index in [1.165, 1.54) is 23.9 Å². The largest absolute Gasteiger partial charge is 0.325 e. The van der Waals surface area contributed by atoms with Gasteiger partial charge < -0.3 is 10.7 Å². The number of carbonyl (C=O) groups excluding carboxylic acids is 1. The van der Waals surface area contributed by atoms with Gasteiger partial charge in [-0.1, -0.05) is 48.5 Å². The molecule has 2 aromatic carbocycles. The summed E-state index contributed by atoms with van der Waals surface area (Å²) in [6, 6.07) is 11.8. The molecule has 1 aliphatic heterocycles. The summed E-state index contributed by atoms with van der Waals surface area (Å²) in [5, 5.41) is 11.6. The van der Waals surface area contributed by atoms with Crippen LogP contribution in [0.15, 0.2) is 47.6 Å². The summed E-state index contributed by atoms with van der Waals surface area (Å²) < 4.78 is 15.3. The summed E-state index contributed by atoms with van der Waals surface area (Å²) >= 11 is 1.36. The molecule has 8 heteroatoms. The summed E-state index contributed by atoms with van der Waals surface area (Å²) in [7, 11) is 0. The molecule has 6 nitrogen and oxygen atoms in total. The van der Waals surface area contributed by atoms with E-state index in [9.17, 15) is 9.18 Å². The lowest BCUT2D eigenvalue weighted by Gasteiger charge is -2.33. The van der Waals surface area contributed by atoms with Crippen LogP contribution in [0.4, 0.5) is 10.1 Å². The number of nitrogens with zero attached hydrogens (tertiary/aromatic N) is 3. The number of fused-ring (bicyclic) bond motifs is 1. The van der Waals surface area contributed by atoms with Crippen molar-refractivity contribution in [1.29, 1.82) is 0 Å². The molecule has 3 aromatic rings. The number of anilines is 1. The van der Waals surface area contributed by atoms with E-state index in [2.05, 4.69) is 20.9 Å². The molecule has 0 unspecified atom stereocenters. The van der Waals surface area contributed by atoms with Crippen LogP contribution in [0, 0.1) is 19.7 Å². The van der Waals surface area contributed by atoms with Crippen molar-refractivity contribution in [3.05, 3.63) is 70.8 Å². The van der Waals surface area contributed by atoms with Crippen LogP contribution in [0.1, 0.15) is 35.5 Å². The third kappa shape index (κ3) is 3.85. The quantitative estimate of drug-likeness (QED) is 0.679. The fourth-order valence-corrected chi connectivity index (χ4v) is 4.50. The van der Waals surface area contributed by atoms with Crippen LogP contribution < -0.4 is 10.7 Å². The van der Waals surface area contributed by atoms with Gasteiger partial charge in [-0.3, -0.25) is 4.79 Å². The van der Waals surface area contributed by atoms with Crippen molar-refractivity contribution in [3.63, 3.8) is 0 Å². The molecule has 1 aromatic heterocycles. The first-order valence-electron chi connectivity index (χ1n) is 9.47. The Kier molecular flexibility index (Phi) is 5.27. The number of nitrogens with one attached hydrogen (secondary N) is 2. The topological polar surface area (TPSA) is 71.8 Å². The minimum absolute atomic E-state index is 0.143. The zero-order chi connectivity index (χ0) is 20.5. The summed E-state index contributed by atoms with van der Waals surface area (Å²) in [6.45, 7) is 5.98. The van der Waals surface area contributed by atoms with Crippen molar-refractivity contribution in [3.8, 4) is 0 Å². The second kappa shape index (κ2) is 7.87. The van der Waals surface area contributed by atoms with Gasteiger partial charge in [0.2, 0.25) is 11.1 Å². The third-order valence-electron chi connectivity index (χ3n) is 4.95. The Morgan fingerprint density at radius 1 is 1.21 bits per heavy atom. The van der Waals surface area contributed by atoms with E-state index in [1.807, 2.05) is 43.6 Å². The van der Waals surface area contributed by atoms with Gasteiger partial charge in [0.25, 0.3) is 0 Å². The molecule has 2 heterocycles. The van der Waals surface area contributed by atoms with Gasteiger partial charge in [-0.05, 0) is 43.2 Å². The van der Waals surface area contributed by atoms with Crippen molar-refractivity contribution < 1.29 is 9.18 Å². The van der Waals surface area contributed by atoms with Gasteiger partial charge in [-0.2, -0.15) is 0 Å². The predicted molar refractivity (Wildman–Crippen MR) is 112 cm³/mol. The van der Waals surface area contributed by atoms with Crippen LogP contribution in [0.3, 0.4) is 0 Å².